The van der Waals surface area contributed by atoms with Gasteiger partial charge in [-0.1, -0.05) is 33.6 Å². The van der Waals surface area contributed by atoms with Crippen LogP contribution in [0.25, 0.3) is 0 Å². The lowest BCUT2D eigenvalue weighted by Crippen LogP contribution is -2.21. The molecule has 0 saturated heterocycles. The Kier molecular flexibility index (Phi) is 4.62. The van der Waals surface area contributed by atoms with Gasteiger partial charge in [-0.3, -0.25) is 0 Å². The largest absolute Gasteiger partial charge is 0.479 e. The van der Waals surface area contributed by atoms with Crippen LogP contribution in [0, 0.1) is 5.82 Å². The molecule has 3 nitrogen and oxygen atoms in total. The molecule has 0 aliphatic heterocycles. The maximum absolute atomic E-state index is 13.9. The van der Waals surface area contributed by atoms with Crippen LogP contribution in [0.4, 0.5) is 10.1 Å². The molecule has 20 heavy (non-hydrogen) atoms. The van der Waals surface area contributed by atoms with E-state index < -0.39 is 17.8 Å². The summed E-state index contributed by atoms with van der Waals surface area (Å²) >= 11 is 8.90. The number of benzene rings is 2. The first-order valence-electron chi connectivity index (χ1n) is 5.67. The molecule has 2 aromatic carbocycles. The average Bonchev–Trinajstić information content (AvgIpc) is 2.39. The van der Waals surface area contributed by atoms with E-state index in [-0.39, 0.29) is 5.56 Å². The number of hydrogen-bond donors (Lipinski definition) is 2. The lowest BCUT2D eigenvalue weighted by Gasteiger charge is -2.17. The standard InChI is InChI=1S/C14H10BrClFNO2/c15-8-1-6-11(12(17)7-8)13(14(19)20)18-10-4-2-9(16)3-5-10/h1-7,13,18H,(H,19,20). The molecule has 2 rings (SSSR count). The third kappa shape index (κ3) is 3.49. The van der Waals surface area contributed by atoms with Crippen molar-refractivity contribution in [3.8, 4) is 0 Å². The molecule has 0 radical (unpaired) electrons. The number of carbonyl (C=O) groups is 1. The van der Waals surface area contributed by atoms with Gasteiger partial charge in [-0.15, -0.1) is 0 Å². The summed E-state index contributed by atoms with van der Waals surface area (Å²) in [6.45, 7) is 0. The maximum Gasteiger partial charge on any atom is 0.330 e. The quantitative estimate of drug-likeness (QED) is 0.847. The average molecular weight is 359 g/mol. The summed E-state index contributed by atoms with van der Waals surface area (Å²) in [7, 11) is 0. The highest BCUT2D eigenvalue weighted by Gasteiger charge is 2.23. The van der Waals surface area contributed by atoms with E-state index in [4.69, 9.17) is 11.6 Å². The Morgan fingerprint density at radius 2 is 1.90 bits per heavy atom. The van der Waals surface area contributed by atoms with Crippen molar-refractivity contribution in [1.29, 1.82) is 0 Å². The Bertz CT molecular complexity index is 634. The first-order chi connectivity index (χ1) is 9.47. The molecule has 2 N–H and O–H groups in total. The van der Waals surface area contributed by atoms with Crippen LogP contribution < -0.4 is 5.32 Å². The topological polar surface area (TPSA) is 49.3 Å². The van der Waals surface area contributed by atoms with Crippen LogP contribution in [0.15, 0.2) is 46.9 Å². The Morgan fingerprint density at radius 1 is 1.25 bits per heavy atom. The lowest BCUT2D eigenvalue weighted by molar-refractivity contribution is -0.138. The maximum atomic E-state index is 13.9. The minimum absolute atomic E-state index is 0.0654. The molecule has 6 heteroatoms. The zero-order valence-corrected chi connectivity index (χ0v) is 12.5. The number of halogens is 3. The number of carboxylic acid groups (broad SMARTS) is 1. The van der Waals surface area contributed by atoms with Crippen molar-refractivity contribution in [3.05, 3.63) is 63.3 Å². The fraction of sp³-hybridized carbons (Fsp3) is 0.0714. The molecular formula is C14H10BrClFNO2. The molecule has 1 unspecified atom stereocenters. The van der Waals surface area contributed by atoms with Crippen molar-refractivity contribution in [1.82, 2.24) is 0 Å². The Morgan fingerprint density at radius 3 is 2.45 bits per heavy atom. The summed E-state index contributed by atoms with van der Waals surface area (Å²) in [6, 6.07) is 9.60. The van der Waals surface area contributed by atoms with E-state index in [9.17, 15) is 14.3 Å². The van der Waals surface area contributed by atoms with Gasteiger partial charge in [-0.05, 0) is 36.4 Å². The number of nitrogens with one attached hydrogen (secondary N) is 1. The third-order valence-electron chi connectivity index (χ3n) is 2.68. The van der Waals surface area contributed by atoms with Crippen molar-refractivity contribution < 1.29 is 14.3 Å². The van der Waals surface area contributed by atoms with E-state index in [2.05, 4.69) is 21.2 Å². The first kappa shape index (κ1) is 14.8. The molecule has 1 atom stereocenters. The van der Waals surface area contributed by atoms with E-state index in [0.717, 1.165) is 0 Å². The van der Waals surface area contributed by atoms with Gasteiger partial charge in [0.2, 0.25) is 0 Å². The number of hydrogen-bond acceptors (Lipinski definition) is 2. The van der Waals surface area contributed by atoms with Crippen molar-refractivity contribution in [3.63, 3.8) is 0 Å². The minimum atomic E-state index is -1.18. The summed E-state index contributed by atoms with van der Waals surface area (Å²) in [5, 5.41) is 12.6. The molecule has 0 bridgehead atoms. The van der Waals surface area contributed by atoms with Crippen LogP contribution in [0.3, 0.4) is 0 Å². The van der Waals surface area contributed by atoms with Crippen LogP contribution in [-0.2, 0) is 4.79 Å². The zero-order valence-electron chi connectivity index (χ0n) is 10.1. The molecule has 104 valence electrons. The second-order valence-electron chi connectivity index (χ2n) is 4.09. The van der Waals surface area contributed by atoms with E-state index in [1.54, 1.807) is 30.3 Å². The van der Waals surface area contributed by atoms with E-state index in [0.29, 0.717) is 15.2 Å². The normalized spacial score (nSPS) is 11.9. The van der Waals surface area contributed by atoms with Gasteiger partial charge in [-0.2, -0.15) is 0 Å². The summed E-state index contributed by atoms with van der Waals surface area (Å²) < 4.78 is 14.4. The minimum Gasteiger partial charge on any atom is -0.479 e. The predicted molar refractivity (Wildman–Crippen MR) is 79.6 cm³/mol. The van der Waals surface area contributed by atoms with Gasteiger partial charge in [0.15, 0.2) is 6.04 Å². The van der Waals surface area contributed by atoms with Crippen molar-refractivity contribution in [2.75, 3.05) is 5.32 Å². The molecule has 0 aliphatic carbocycles. The van der Waals surface area contributed by atoms with Gasteiger partial charge in [0.1, 0.15) is 5.82 Å². The second kappa shape index (κ2) is 6.24. The lowest BCUT2D eigenvalue weighted by atomic mass is 10.1. The van der Waals surface area contributed by atoms with Crippen LogP contribution in [0.1, 0.15) is 11.6 Å². The highest BCUT2D eigenvalue weighted by Crippen LogP contribution is 2.25. The number of anilines is 1. The summed E-state index contributed by atoms with van der Waals surface area (Å²) in [6.07, 6.45) is 0. The fourth-order valence-corrected chi connectivity index (χ4v) is 2.18. The van der Waals surface area contributed by atoms with Gasteiger partial charge in [0, 0.05) is 20.7 Å². The Hall–Kier alpha value is -1.59. The molecule has 0 heterocycles. The fourth-order valence-electron chi connectivity index (χ4n) is 1.72. The molecule has 0 saturated carbocycles. The molecule has 0 amide bonds. The summed E-state index contributed by atoms with van der Waals surface area (Å²) in [4.78, 5) is 11.3. The Balaban J connectivity index is 2.31. The van der Waals surface area contributed by atoms with Crippen LogP contribution in [0.5, 0.6) is 0 Å². The van der Waals surface area contributed by atoms with Crippen LogP contribution >= 0.6 is 27.5 Å². The number of aliphatic carboxylic acids is 1. The third-order valence-corrected chi connectivity index (χ3v) is 3.42. The molecule has 0 fully saturated rings. The van der Waals surface area contributed by atoms with E-state index >= 15 is 0 Å². The zero-order chi connectivity index (χ0) is 14.7. The smallest absolute Gasteiger partial charge is 0.330 e. The van der Waals surface area contributed by atoms with Crippen LogP contribution in [0.2, 0.25) is 5.02 Å². The van der Waals surface area contributed by atoms with E-state index in [1.165, 1.54) is 12.1 Å². The van der Waals surface area contributed by atoms with Gasteiger partial charge < -0.3 is 10.4 Å². The highest BCUT2D eigenvalue weighted by molar-refractivity contribution is 9.10. The summed E-state index contributed by atoms with van der Waals surface area (Å²) in [5.41, 5.74) is 0.611. The highest BCUT2D eigenvalue weighted by atomic mass is 79.9. The van der Waals surface area contributed by atoms with Gasteiger partial charge >= 0.3 is 5.97 Å². The van der Waals surface area contributed by atoms with Crippen LogP contribution in [-0.4, -0.2) is 11.1 Å². The van der Waals surface area contributed by atoms with Gasteiger partial charge in [0.05, 0.1) is 0 Å². The van der Waals surface area contributed by atoms with Crippen molar-refractivity contribution >= 4 is 39.2 Å². The number of carboxylic acids is 1. The first-order valence-corrected chi connectivity index (χ1v) is 6.84. The van der Waals surface area contributed by atoms with Gasteiger partial charge in [0.25, 0.3) is 0 Å². The number of rotatable bonds is 4. The summed E-state index contributed by atoms with van der Waals surface area (Å²) in [5.74, 6) is -1.76. The molecule has 0 aliphatic rings. The van der Waals surface area contributed by atoms with Crippen molar-refractivity contribution in [2.24, 2.45) is 0 Å². The molecular weight excluding hydrogens is 349 g/mol. The molecule has 0 aromatic heterocycles. The monoisotopic (exact) mass is 357 g/mol. The van der Waals surface area contributed by atoms with E-state index in [1.807, 2.05) is 0 Å². The predicted octanol–water partition coefficient (Wildman–Crippen LogP) is 4.48. The SMILES string of the molecule is O=C(O)C(Nc1ccc(Cl)cc1)c1ccc(Br)cc1F. The van der Waals surface area contributed by atoms with Crippen molar-refractivity contribution in [2.45, 2.75) is 6.04 Å². The molecule has 2 aromatic rings. The Labute approximate surface area is 128 Å². The second-order valence-corrected chi connectivity index (χ2v) is 5.44. The molecule has 0 spiro atoms. The van der Waals surface area contributed by atoms with Gasteiger partial charge in [-0.25, -0.2) is 9.18 Å².